The van der Waals surface area contributed by atoms with Gasteiger partial charge in [-0.05, 0) is 53.3 Å². The van der Waals surface area contributed by atoms with E-state index < -0.39 is 12.1 Å². The first-order valence-electron chi connectivity index (χ1n) is 12.8. The van der Waals surface area contributed by atoms with Gasteiger partial charge < -0.3 is 18.9 Å². The molecule has 4 aliphatic heterocycles. The number of nitrogens with zero attached hydrogens (tertiary/aromatic N) is 4. The fourth-order valence-electron chi connectivity index (χ4n) is 5.81. The van der Waals surface area contributed by atoms with Crippen molar-refractivity contribution < 1.29 is 42.0 Å². The predicted octanol–water partition coefficient (Wildman–Crippen LogP) is 2.21. The van der Waals surface area contributed by atoms with Crippen LogP contribution < -0.4 is 28.1 Å². The third-order valence-corrected chi connectivity index (χ3v) is 7.66. The van der Waals surface area contributed by atoms with Gasteiger partial charge in [-0.2, -0.15) is 0 Å². The summed E-state index contributed by atoms with van der Waals surface area (Å²) in [5.41, 5.74) is 3.89. The Morgan fingerprint density at radius 3 is 1.59 bits per heavy atom. The number of fused-ring (bicyclic) bond motifs is 8. The van der Waals surface area contributed by atoms with Crippen LogP contribution in [0.2, 0.25) is 0 Å². The Morgan fingerprint density at radius 1 is 0.641 bits per heavy atom. The Kier molecular flexibility index (Phi) is 4.49. The number of hydrogen-bond donors (Lipinski definition) is 0. The topological polar surface area (TPSA) is 59.9 Å². The van der Waals surface area contributed by atoms with Gasteiger partial charge >= 0.3 is 12.1 Å². The zero-order valence-electron chi connectivity index (χ0n) is 21.5. The zero-order valence-corrected chi connectivity index (χ0v) is 21.5. The minimum Gasteiger partial charge on any atom is -0.497 e. The Bertz CT molecular complexity index is 1620. The van der Waals surface area contributed by atoms with Gasteiger partial charge in [0.05, 0.1) is 25.3 Å². The molecule has 39 heavy (non-hydrogen) atoms. The molecule has 0 spiro atoms. The Balaban J connectivity index is 1.34. The molecule has 192 valence electrons. The van der Waals surface area contributed by atoms with Gasteiger partial charge in [0, 0.05) is 24.3 Å². The lowest BCUT2D eigenvalue weighted by Gasteiger charge is -2.28. The van der Waals surface area contributed by atoms with E-state index in [1.54, 1.807) is 14.2 Å². The first-order valence-corrected chi connectivity index (χ1v) is 12.8. The standard InChI is InChI=1S/C30H26N4O5/c1-35-25-9-11-27-21(15-25)17-31-19-23-7-3-5-13-33(23)29(31,37-27)39-30-32(20-24-8-4-6-14-34(24)30)18-22-16-26(36-2)10-12-28(22)38-30/h3-18H,19-20H2,1-2H3/q+4. The highest BCUT2D eigenvalue weighted by molar-refractivity contribution is 5.82. The fraction of sp³-hybridized carbons (Fsp3) is 0.200. The molecule has 2 aromatic heterocycles. The predicted molar refractivity (Wildman–Crippen MR) is 136 cm³/mol. The normalized spacial score (nSPS) is 22.9. The molecule has 2 atom stereocenters. The molecule has 0 radical (unpaired) electrons. The van der Waals surface area contributed by atoms with E-state index in [0.29, 0.717) is 24.6 Å². The van der Waals surface area contributed by atoms with Crippen molar-refractivity contribution in [3.05, 3.63) is 108 Å². The summed E-state index contributed by atoms with van der Waals surface area (Å²) in [4.78, 5) is 0. The molecule has 0 N–H and O–H groups in total. The average molecular weight is 523 g/mol. The maximum Gasteiger partial charge on any atom is 0.676 e. The molecule has 6 heterocycles. The third kappa shape index (κ3) is 3.04. The van der Waals surface area contributed by atoms with Gasteiger partial charge in [0.2, 0.25) is 13.1 Å². The summed E-state index contributed by atoms with van der Waals surface area (Å²) >= 11 is 0. The van der Waals surface area contributed by atoms with Crippen LogP contribution in [0.5, 0.6) is 23.0 Å². The lowest BCUT2D eigenvalue weighted by atomic mass is 10.2. The molecule has 9 nitrogen and oxygen atoms in total. The van der Waals surface area contributed by atoms with Gasteiger partial charge in [-0.25, -0.2) is 0 Å². The van der Waals surface area contributed by atoms with Crippen LogP contribution in [0, 0.1) is 0 Å². The number of benzene rings is 2. The van der Waals surface area contributed by atoms with Crippen molar-refractivity contribution in [2.75, 3.05) is 14.2 Å². The highest BCUT2D eigenvalue weighted by Crippen LogP contribution is 2.41. The van der Waals surface area contributed by atoms with E-state index in [4.69, 9.17) is 23.7 Å². The highest BCUT2D eigenvalue weighted by Gasteiger charge is 2.80. The maximum absolute atomic E-state index is 7.24. The second-order valence-corrected chi connectivity index (χ2v) is 9.85. The van der Waals surface area contributed by atoms with Crippen LogP contribution >= 0.6 is 0 Å². The summed E-state index contributed by atoms with van der Waals surface area (Å²) in [5, 5.41) is 0. The van der Waals surface area contributed by atoms with Gasteiger partial charge in [-0.15, -0.1) is 0 Å². The van der Waals surface area contributed by atoms with Gasteiger partial charge in [0.25, 0.3) is 11.4 Å². The number of pyridine rings is 2. The summed E-state index contributed by atoms with van der Waals surface area (Å²) in [6.45, 7) is 1.16. The second kappa shape index (κ2) is 7.87. The molecule has 0 amide bonds. The third-order valence-electron chi connectivity index (χ3n) is 7.66. The van der Waals surface area contributed by atoms with E-state index in [0.717, 1.165) is 34.0 Å². The van der Waals surface area contributed by atoms with Crippen molar-refractivity contribution in [3.8, 4) is 23.0 Å². The van der Waals surface area contributed by atoms with Crippen molar-refractivity contribution in [1.29, 1.82) is 0 Å². The Morgan fingerprint density at radius 2 is 1.13 bits per heavy atom. The second-order valence-electron chi connectivity index (χ2n) is 9.85. The summed E-state index contributed by atoms with van der Waals surface area (Å²) in [5.74, 6) is 2.88. The molecule has 0 saturated carbocycles. The lowest BCUT2D eigenvalue weighted by Crippen LogP contribution is -2.75. The Labute approximate surface area is 224 Å². The van der Waals surface area contributed by atoms with Crippen LogP contribution in [0.1, 0.15) is 22.5 Å². The largest absolute Gasteiger partial charge is 0.676 e. The molecule has 0 fully saturated rings. The fourth-order valence-corrected chi connectivity index (χ4v) is 5.81. The van der Waals surface area contributed by atoms with Crippen LogP contribution in [0.15, 0.2) is 85.2 Å². The van der Waals surface area contributed by atoms with E-state index >= 15 is 0 Å². The maximum atomic E-state index is 7.24. The molecule has 2 aromatic carbocycles. The number of methoxy groups -OCH3 is 2. The van der Waals surface area contributed by atoms with Crippen LogP contribution in [0.3, 0.4) is 0 Å². The molecule has 2 unspecified atom stereocenters. The van der Waals surface area contributed by atoms with Crippen molar-refractivity contribution >= 4 is 12.4 Å². The van der Waals surface area contributed by atoms with E-state index in [2.05, 4.69) is 33.7 Å². The van der Waals surface area contributed by atoms with Gasteiger partial charge in [-0.1, -0.05) is 18.3 Å². The highest BCUT2D eigenvalue weighted by atomic mass is 16.8. The molecule has 0 bridgehead atoms. The molecular weight excluding hydrogens is 496 g/mol. The average Bonchev–Trinajstić information content (AvgIpc) is 3.45. The van der Waals surface area contributed by atoms with Gasteiger partial charge in [0.15, 0.2) is 36.3 Å². The van der Waals surface area contributed by atoms with E-state index in [9.17, 15) is 0 Å². The van der Waals surface area contributed by atoms with Crippen molar-refractivity contribution in [3.63, 3.8) is 0 Å². The summed E-state index contributed by atoms with van der Waals surface area (Å²) < 4.78 is 40.0. The first kappa shape index (κ1) is 22.2. The van der Waals surface area contributed by atoms with Gasteiger partial charge in [0.1, 0.15) is 11.5 Å². The number of aromatic nitrogens is 2. The lowest BCUT2D eigenvalue weighted by molar-refractivity contribution is -1.07. The smallest absolute Gasteiger partial charge is 0.497 e. The summed E-state index contributed by atoms with van der Waals surface area (Å²) in [6.07, 6.45) is 8.09. The zero-order chi connectivity index (χ0) is 26.2. The van der Waals surface area contributed by atoms with E-state index in [1.165, 1.54) is 0 Å². The van der Waals surface area contributed by atoms with Crippen molar-refractivity contribution in [2.24, 2.45) is 0 Å². The van der Waals surface area contributed by atoms with E-state index in [-0.39, 0.29) is 0 Å². The number of ether oxygens (including phenoxy) is 5. The first-order chi connectivity index (χ1) is 19.1. The molecule has 8 rings (SSSR count). The summed E-state index contributed by atoms with van der Waals surface area (Å²) in [6, 6.07) is 21.0. The quantitative estimate of drug-likeness (QED) is 0.385. The molecule has 0 saturated heterocycles. The van der Waals surface area contributed by atoms with Crippen molar-refractivity contribution in [2.45, 2.75) is 25.2 Å². The Hall–Kier alpha value is -4.76. The summed E-state index contributed by atoms with van der Waals surface area (Å²) in [7, 11) is 3.32. The number of hydrogen-bond acceptors (Lipinski definition) is 5. The van der Waals surface area contributed by atoms with E-state index in [1.807, 2.05) is 82.2 Å². The van der Waals surface area contributed by atoms with Crippen molar-refractivity contribution in [1.82, 2.24) is 0 Å². The van der Waals surface area contributed by atoms with Crippen LogP contribution in [0.4, 0.5) is 0 Å². The molecule has 9 heteroatoms. The minimum absolute atomic E-state index is 0.581. The van der Waals surface area contributed by atoms with Crippen LogP contribution in [0.25, 0.3) is 0 Å². The van der Waals surface area contributed by atoms with Crippen LogP contribution in [-0.2, 0) is 29.9 Å². The SMILES string of the molecule is COc1ccc2c(c1)C=[N+]1Cc3cccc[n+]3C1(OC13Oc4ccc(OC)cc4C=[N+]1Cc1cccc[n+]13)O2. The molecule has 4 aromatic rings. The minimum atomic E-state index is -1.36. The molecule has 4 aliphatic rings. The molecule has 0 aliphatic carbocycles. The van der Waals surface area contributed by atoms with Crippen LogP contribution in [-0.4, -0.2) is 35.8 Å². The number of rotatable bonds is 4. The van der Waals surface area contributed by atoms with Gasteiger partial charge in [-0.3, -0.25) is 0 Å². The monoisotopic (exact) mass is 522 g/mol. The molecular formula is C30H26N4O5+4.